The number of fused-ring (bicyclic) bond motifs is 2. The van der Waals surface area contributed by atoms with Crippen molar-refractivity contribution in [3.8, 4) is 11.5 Å². The molecule has 3 aromatic rings. The maximum Gasteiger partial charge on any atom is 0.350 e. The van der Waals surface area contributed by atoms with Gasteiger partial charge in [-0.1, -0.05) is 12.1 Å². The van der Waals surface area contributed by atoms with Crippen molar-refractivity contribution >= 4 is 29.3 Å². The molecule has 3 heterocycles. The quantitative estimate of drug-likeness (QED) is 0.552. The van der Waals surface area contributed by atoms with Crippen molar-refractivity contribution in [1.29, 1.82) is 0 Å². The normalized spacial score (nSPS) is 15.4. The molecule has 1 aliphatic heterocycles. The summed E-state index contributed by atoms with van der Waals surface area (Å²) in [6, 6.07) is 5.31. The summed E-state index contributed by atoms with van der Waals surface area (Å²) in [6.07, 6.45) is 2.80. The Morgan fingerprint density at radius 3 is 2.62 bits per heavy atom. The number of benzene rings is 1. The second kappa shape index (κ2) is 8.37. The van der Waals surface area contributed by atoms with E-state index in [2.05, 4.69) is 9.72 Å². The molecule has 10 nitrogen and oxygen atoms in total. The van der Waals surface area contributed by atoms with Crippen molar-refractivity contribution < 1.29 is 19.0 Å². The number of imidazole rings is 1. The number of nitrogens with zero attached hydrogens (tertiary/aromatic N) is 4. The van der Waals surface area contributed by atoms with Gasteiger partial charge in [0.25, 0.3) is 5.56 Å². The number of hydrogen-bond acceptors (Lipinski definition) is 7. The van der Waals surface area contributed by atoms with Gasteiger partial charge in [0.2, 0.25) is 6.10 Å². The summed E-state index contributed by atoms with van der Waals surface area (Å²) in [5, 5.41) is 0. The number of carbonyl (C=O) groups excluding carboxylic acids is 1. The van der Waals surface area contributed by atoms with E-state index in [1.165, 1.54) is 16.2 Å². The highest BCUT2D eigenvalue weighted by Gasteiger charge is 2.28. The molecule has 0 bridgehead atoms. The molecule has 0 saturated heterocycles. The van der Waals surface area contributed by atoms with E-state index >= 15 is 0 Å². The van der Waals surface area contributed by atoms with Gasteiger partial charge in [0.1, 0.15) is 12.4 Å². The van der Waals surface area contributed by atoms with Gasteiger partial charge in [-0.2, -0.15) is 0 Å². The topological polar surface area (TPSA) is 107 Å². The van der Waals surface area contributed by atoms with Crippen LogP contribution in [0.5, 0.6) is 11.5 Å². The van der Waals surface area contributed by atoms with E-state index in [0.29, 0.717) is 35.0 Å². The predicted molar refractivity (Wildman–Crippen MR) is 118 cm³/mol. The average Bonchev–Trinajstić information content (AvgIpc) is 3.13. The lowest BCUT2D eigenvalue weighted by Crippen LogP contribution is -2.39. The van der Waals surface area contributed by atoms with Gasteiger partial charge in [-0.25, -0.2) is 14.6 Å². The number of hydrogen-bond donors (Lipinski definition) is 0. The third-order valence-corrected chi connectivity index (χ3v) is 5.43. The zero-order valence-electron chi connectivity index (χ0n) is 18.3. The molecule has 0 saturated carbocycles. The lowest BCUT2D eigenvalue weighted by atomic mass is 10.1. The van der Waals surface area contributed by atoms with Gasteiger partial charge in [0.05, 0.1) is 7.11 Å². The molecule has 0 fully saturated rings. The van der Waals surface area contributed by atoms with E-state index in [1.807, 2.05) is 19.1 Å². The fraction of sp³-hybridized carbons (Fsp3) is 0.364. The van der Waals surface area contributed by atoms with Crippen LogP contribution >= 0.6 is 0 Å². The first-order valence-electron chi connectivity index (χ1n) is 10.3. The molecule has 1 unspecified atom stereocenters. The van der Waals surface area contributed by atoms with Gasteiger partial charge in [-0.15, -0.1) is 0 Å². The van der Waals surface area contributed by atoms with Crippen molar-refractivity contribution in [2.24, 2.45) is 7.05 Å². The summed E-state index contributed by atoms with van der Waals surface area (Å²) in [4.78, 5) is 41.6. The Kier molecular flexibility index (Phi) is 5.60. The highest BCUT2D eigenvalue weighted by molar-refractivity contribution is 5.78. The van der Waals surface area contributed by atoms with Gasteiger partial charge in [-0.05, 0) is 37.6 Å². The molecule has 0 N–H and O–H groups in total. The summed E-state index contributed by atoms with van der Waals surface area (Å²) in [7, 11) is 3.05. The Labute approximate surface area is 183 Å². The highest BCUT2D eigenvalue weighted by Crippen LogP contribution is 2.33. The van der Waals surface area contributed by atoms with Crippen molar-refractivity contribution in [1.82, 2.24) is 18.7 Å². The first kappa shape index (κ1) is 21.4. The van der Waals surface area contributed by atoms with E-state index in [-0.39, 0.29) is 24.4 Å². The number of methoxy groups -OCH3 is 1. The lowest BCUT2D eigenvalue weighted by molar-refractivity contribution is -0.151. The third-order valence-electron chi connectivity index (χ3n) is 5.43. The Hall–Kier alpha value is -3.82. The van der Waals surface area contributed by atoms with Crippen LogP contribution in [0, 0.1) is 0 Å². The molecule has 1 aliphatic rings. The molecule has 32 heavy (non-hydrogen) atoms. The second-order valence-electron chi connectivity index (χ2n) is 7.26. The Morgan fingerprint density at radius 2 is 1.94 bits per heavy atom. The maximum absolute atomic E-state index is 12.8. The van der Waals surface area contributed by atoms with E-state index in [1.54, 1.807) is 36.7 Å². The minimum Gasteiger partial charge on any atom is -0.485 e. The van der Waals surface area contributed by atoms with Crippen LogP contribution in [0.3, 0.4) is 0 Å². The Balaban J connectivity index is 1.69. The van der Waals surface area contributed by atoms with Crippen LogP contribution < -0.4 is 20.7 Å². The molecule has 168 valence electrons. The fourth-order valence-corrected chi connectivity index (χ4v) is 3.70. The van der Waals surface area contributed by atoms with E-state index in [9.17, 15) is 14.4 Å². The Bertz CT molecular complexity index is 1350. The van der Waals surface area contributed by atoms with Crippen molar-refractivity contribution in [3.05, 3.63) is 50.4 Å². The van der Waals surface area contributed by atoms with Gasteiger partial charge in [0.15, 0.2) is 22.7 Å². The monoisotopic (exact) mass is 440 g/mol. The Morgan fingerprint density at radius 1 is 1.19 bits per heavy atom. The fourth-order valence-electron chi connectivity index (χ4n) is 3.70. The summed E-state index contributed by atoms with van der Waals surface area (Å²) in [5.41, 5.74) is 0.841. The van der Waals surface area contributed by atoms with Crippen LogP contribution in [0.1, 0.15) is 25.2 Å². The van der Waals surface area contributed by atoms with Crippen molar-refractivity contribution in [2.75, 3.05) is 13.7 Å². The SMILES string of the molecule is CCn1c(=O)c2c(nc(/C=C/c3ccc4c(c3)OCC(C(=O)OC)O4)n2C)n(CC)c1=O. The van der Waals surface area contributed by atoms with E-state index in [4.69, 9.17) is 9.47 Å². The minimum absolute atomic E-state index is 0.0653. The molecule has 10 heteroatoms. The molecule has 0 aliphatic carbocycles. The van der Waals surface area contributed by atoms with E-state index < -0.39 is 12.1 Å². The predicted octanol–water partition coefficient (Wildman–Crippen LogP) is 1.42. The third kappa shape index (κ3) is 3.47. The van der Waals surface area contributed by atoms with Crippen LogP contribution in [0.25, 0.3) is 23.3 Å². The second-order valence-corrected chi connectivity index (χ2v) is 7.26. The number of carbonyl (C=O) groups is 1. The number of ether oxygens (including phenoxy) is 3. The van der Waals surface area contributed by atoms with Crippen LogP contribution in [0.4, 0.5) is 0 Å². The van der Waals surface area contributed by atoms with Crippen LogP contribution in [-0.4, -0.2) is 44.5 Å². The summed E-state index contributed by atoms with van der Waals surface area (Å²) in [6.45, 7) is 4.37. The molecule has 0 amide bonds. The van der Waals surface area contributed by atoms with Gasteiger partial charge >= 0.3 is 11.7 Å². The molecule has 1 atom stereocenters. The standard InChI is InChI=1S/C22H24N4O6/c1-5-25-19-18(20(27)26(6-2)22(25)29)24(3)17(23-19)10-8-13-7-9-14-15(11-13)31-12-16(32-14)21(28)30-4/h7-11,16H,5-6,12H2,1-4H3/b10-8+. The molecular formula is C22H24N4O6. The number of esters is 1. The van der Waals surface area contributed by atoms with Gasteiger partial charge < -0.3 is 18.8 Å². The smallest absolute Gasteiger partial charge is 0.350 e. The molecule has 1 aromatic carbocycles. The number of rotatable bonds is 5. The van der Waals surface area contributed by atoms with Crippen molar-refractivity contribution in [2.45, 2.75) is 33.0 Å². The molecule has 0 radical (unpaired) electrons. The number of aryl methyl sites for hydroxylation is 2. The molecular weight excluding hydrogens is 416 g/mol. The number of aromatic nitrogens is 4. The first-order chi connectivity index (χ1) is 15.4. The lowest BCUT2D eigenvalue weighted by Gasteiger charge is -2.24. The van der Waals surface area contributed by atoms with Crippen molar-refractivity contribution in [3.63, 3.8) is 0 Å². The van der Waals surface area contributed by atoms with Crippen LogP contribution in [0.15, 0.2) is 27.8 Å². The summed E-state index contributed by atoms with van der Waals surface area (Å²) >= 11 is 0. The summed E-state index contributed by atoms with van der Waals surface area (Å²) in [5.74, 6) is 1.02. The van der Waals surface area contributed by atoms with Crippen LogP contribution in [0.2, 0.25) is 0 Å². The molecule has 2 aromatic heterocycles. The zero-order chi connectivity index (χ0) is 23.0. The largest absolute Gasteiger partial charge is 0.485 e. The first-order valence-corrected chi connectivity index (χ1v) is 10.3. The zero-order valence-corrected chi connectivity index (χ0v) is 18.3. The van der Waals surface area contributed by atoms with Gasteiger partial charge in [0, 0.05) is 20.1 Å². The van der Waals surface area contributed by atoms with Crippen LogP contribution in [-0.2, 0) is 29.7 Å². The summed E-state index contributed by atoms with van der Waals surface area (Å²) < 4.78 is 20.4. The minimum atomic E-state index is -0.794. The molecule has 0 spiro atoms. The molecule has 4 rings (SSSR count). The maximum atomic E-state index is 12.8. The highest BCUT2D eigenvalue weighted by atomic mass is 16.6. The van der Waals surface area contributed by atoms with E-state index in [0.717, 1.165) is 5.56 Å². The van der Waals surface area contributed by atoms with Gasteiger partial charge in [-0.3, -0.25) is 13.9 Å². The average molecular weight is 440 g/mol.